The van der Waals surface area contributed by atoms with E-state index in [0.717, 1.165) is 17.7 Å². The van der Waals surface area contributed by atoms with Gasteiger partial charge in [-0.25, -0.2) is 4.98 Å². The maximum atomic E-state index is 5.52. The van der Waals surface area contributed by atoms with Gasteiger partial charge in [-0.05, 0) is 36.6 Å². The maximum Gasteiger partial charge on any atom is 0.226 e. The first-order chi connectivity index (χ1) is 8.20. The first kappa shape index (κ1) is 11.9. The van der Waals surface area contributed by atoms with E-state index in [1.54, 1.807) is 6.26 Å². The summed E-state index contributed by atoms with van der Waals surface area (Å²) in [4.78, 5) is 4.46. The Labute approximate surface area is 102 Å². The predicted octanol–water partition coefficient (Wildman–Crippen LogP) is 2.97. The van der Waals surface area contributed by atoms with Crippen LogP contribution in [0.25, 0.3) is 11.5 Å². The average Bonchev–Trinajstić information content (AvgIpc) is 2.80. The topological polar surface area (TPSA) is 52.0 Å². The smallest absolute Gasteiger partial charge is 0.226 e. The van der Waals surface area contributed by atoms with E-state index in [2.05, 4.69) is 31.0 Å². The third-order valence-electron chi connectivity index (χ3n) is 2.75. The lowest BCUT2D eigenvalue weighted by Gasteiger charge is -2.00. The highest BCUT2D eigenvalue weighted by atomic mass is 16.3. The average molecular weight is 230 g/mol. The van der Waals surface area contributed by atoms with E-state index in [0.29, 0.717) is 18.4 Å². The van der Waals surface area contributed by atoms with E-state index < -0.39 is 0 Å². The van der Waals surface area contributed by atoms with Gasteiger partial charge in [0.25, 0.3) is 0 Å². The van der Waals surface area contributed by atoms with Crippen LogP contribution in [0.2, 0.25) is 0 Å². The minimum absolute atomic E-state index is 0.393. The van der Waals surface area contributed by atoms with E-state index in [4.69, 9.17) is 10.2 Å². The van der Waals surface area contributed by atoms with Crippen LogP contribution in [0.4, 0.5) is 0 Å². The van der Waals surface area contributed by atoms with Crippen molar-refractivity contribution in [3.8, 4) is 11.5 Å². The van der Waals surface area contributed by atoms with E-state index in [-0.39, 0.29) is 0 Å². The molecule has 1 heterocycles. The zero-order valence-electron chi connectivity index (χ0n) is 10.3. The van der Waals surface area contributed by atoms with Gasteiger partial charge in [-0.15, -0.1) is 0 Å². The molecule has 0 fully saturated rings. The minimum atomic E-state index is 0.393. The van der Waals surface area contributed by atoms with Gasteiger partial charge in [-0.2, -0.15) is 0 Å². The summed E-state index contributed by atoms with van der Waals surface area (Å²) in [6.07, 6.45) is 2.64. The van der Waals surface area contributed by atoms with Crippen LogP contribution in [0.3, 0.4) is 0 Å². The number of hydrogen-bond acceptors (Lipinski definition) is 3. The van der Waals surface area contributed by atoms with Crippen LogP contribution in [0, 0.1) is 0 Å². The molecule has 0 aliphatic rings. The third-order valence-corrected chi connectivity index (χ3v) is 2.75. The van der Waals surface area contributed by atoms with Gasteiger partial charge >= 0.3 is 0 Å². The van der Waals surface area contributed by atoms with Gasteiger partial charge in [0, 0.05) is 5.56 Å². The fourth-order valence-corrected chi connectivity index (χ4v) is 1.66. The highest BCUT2D eigenvalue weighted by molar-refractivity contribution is 5.53. The van der Waals surface area contributed by atoms with E-state index >= 15 is 0 Å². The lowest BCUT2D eigenvalue weighted by Crippen LogP contribution is -2.02. The minimum Gasteiger partial charge on any atom is -0.444 e. The van der Waals surface area contributed by atoms with Crippen molar-refractivity contribution in [3.63, 3.8) is 0 Å². The van der Waals surface area contributed by atoms with Gasteiger partial charge < -0.3 is 10.2 Å². The Hall–Kier alpha value is -1.61. The summed E-state index contributed by atoms with van der Waals surface area (Å²) >= 11 is 0. The van der Waals surface area contributed by atoms with Gasteiger partial charge in [-0.1, -0.05) is 26.0 Å². The van der Waals surface area contributed by atoms with Gasteiger partial charge in [-0.3, -0.25) is 0 Å². The lowest BCUT2D eigenvalue weighted by molar-refractivity contribution is 0.571. The van der Waals surface area contributed by atoms with Gasteiger partial charge in [0.2, 0.25) is 5.89 Å². The van der Waals surface area contributed by atoms with Crippen LogP contribution in [0.1, 0.15) is 31.0 Å². The first-order valence-corrected chi connectivity index (χ1v) is 5.95. The van der Waals surface area contributed by atoms with Gasteiger partial charge in [0.15, 0.2) is 0 Å². The fraction of sp³-hybridized carbons (Fsp3) is 0.357. The molecule has 0 unspecified atom stereocenters. The Morgan fingerprint density at radius 1 is 1.24 bits per heavy atom. The molecular weight excluding hydrogens is 212 g/mol. The second-order valence-electron chi connectivity index (χ2n) is 4.47. The molecule has 17 heavy (non-hydrogen) atoms. The highest BCUT2D eigenvalue weighted by Gasteiger charge is 2.08. The largest absolute Gasteiger partial charge is 0.444 e. The summed E-state index contributed by atoms with van der Waals surface area (Å²) in [5.41, 5.74) is 8.76. The Bertz CT molecular complexity index is 471. The second kappa shape index (κ2) is 5.15. The van der Waals surface area contributed by atoms with Crippen LogP contribution in [-0.2, 0) is 6.42 Å². The number of nitrogens with two attached hydrogens (primary N) is 1. The Morgan fingerprint density at radius 2 is 1.94 bits per heavy atom. The molecule has 2 rings (SSSR count). The fourth-order valence-electron chi connectivity index (χ4n) is 1.66. The third kappa shape index (κ3) is 2.74. The molecule has 0 saturated carbocycles. The SMILES string of the molecule is CC(C)c1coc(-c2ccc(CCN)cc2)n1. The number of benzene rings is 1. The molecule has 3 heteroatoms. The molecule has 0 radical (unpaired) electrons. The normalized spacial score (nSPS) is 11.1. The Kier molecular flexibility index (Phi) is 3.59. The van der Waals surface area contributed by atoms with E-state index in [9.17, 15) is 0 Å². The number of oxazole rings is 1. The van der Waals surface area contributed by atoms with Crippen LogP contribution >= 0.6 is 0 Å². The van der Waals surface area contributed by atoms with Crippen molar-refractivity contribution in [2.24, 2.45) is 5.73 Å². The summed E-state index contributed by atoms with van der Waals surface area (Å²) in [5.74, 6) is 1.08. The van der Waals surface area contributed by atoms with Crippen molar-refractivity contribution in [2.45, 2.75) is 26.2 Å². The number of hydrogen-bond donors (Lipinski definition) is 1. The standard InChI is InChI=1S/C14H18N2O/c1-10(2)13-9-17-14(16-13)12-5-3-11(4-6-12)7-8-15/h3-6,9-10H,7-8,15H2,1-2H3. The maximum absolute atomic E-state index is 5.52. The molecule has 0 spiro atoms. The lowest BCUT2D eigenvalue weighted by atomic mass is 10.1. The van der Waals surface area contributed by atoms with Crippen molar-refractivity contribution in [2.75, 3.05) is 6.54 Å². The molecule has 0 atom stereocenters. The van der Waals surface area contributed by atoms with Crippen molar-refractivity contribution in [1.82, 2.24) is 4.98 Å². The second-order valence-corrected chi connectivity index (χ2v) is 4.47. The summed E-state index contributed by atoms with van der Waals surface area (Å²) in [6.45, 7) is 4.88. The van der Waals surface area contributed by atoms with Crippen molar-refractivity contribution < 1.29 is 4.42 Å². The molecule has 90 valence electrons. The molecule has 2 aromatic rings. The van der Waals surface area contributed by atoms with Crippen LogP contribution < -0.4 is 5.73 Å². The van der Waals surface area contributed by atoms with E-state index in [1.807, 2.05) is 12.1 Å². The molecule has 0 aliphatic heterocycles. The molecule has 0 aliphatic carbocycles. The molecular formula is C14H18N2O. The monoisotopic (exact) mass is 230 g/mol. The number of nitrogens with zero attached hydrogens (tertiary/aromatic N) is 1. The Morgan fingerprint density at radius 3 is 2.47 bits per heavy atom. The zero-order chi connectivity index (χ0) is 12.3. The Balaban J connectivity index is 2.21. The number of aromatic nitrogens is 1. The van der Waals surface area contributed by atoms with Gasteiger partial charge in [0.05, 0.1) is 5.69 Å². The summed E-state index contributed by atoms with van der Waals surface area (Å²) in [7, 11) is 0. The number of rotatable bonds is 4. The molecule has 0 saturated heterocycles. The predicted molar refractivity (Wildman–Crippen MR) is 68.8 cm³/mol. The summed E-state index contributed by atoms with van der Waals surface area (Å²) in [5, 5.41) is 0. The summed E-state index contributed by atoms with van der Waals surface area (Å²) in [6, 6.07) is 8.20. The van der Waals surface area contributed by atoms with Crippen LogP contribution in [-0.4, -0.2) is 11.5 Å². The molecule has 3 nitrogen and oxygen atoms in total. The molecule has 1 aromatic heterocycles. The summed E-state index contributed by atoms with van der Waals surface area (Å²) < 4.78 is 5.48. The first-order valence-electron chi connectivity index (χ1n) is 5.95. The molecule has 2 N–H and O–H groups in total. The molecule has 0 amide bonds. The van der Waals surface area contributed by atoms with Crippen molar-refractivity contribution in [1.29, 1.82) is 0 Å². The zero-order valence-corrected chi connectivity index (χ0v) is 10.3. The van der Waals surface area contributed by atoms with E-state index in [1.165, 1.54) is 5.56 Å². The van der Waals surface area contributed by atoms with Crippen molar-refractivity contribution in [3.05, 3.63) is 41.8 Å². The van der Waals surface area contributed by atoms with Crippen molar-refractivity contribution >= 4 is 0 Å². The quantitative estimate of drug-likeness (QED) is 0.878. The van der Waals surface area contributed by atoms with Crippen LogP contribution in [0.15, 0.2) is 34.9 Å². The molecule has 1 aromatic carbocycles. The van der Waals surface area contributed by atoms with Gasteiger partial charge in [0.1, 0.15) is 6.26 Å². The highest BCUT2D eigenvalue weighted by Crippen LogP contribution is 2.22. The van der Waals surface area contributed by atoms with Crippen LogP contribution in [0.5, 0.6) is 0 Å². The molecule has 0 bridgehead atoms.